The van der Waals surface area contributed by atoms with Gasteiger partial charge in [-0.05, 0) is 30.2 Å². The summed E-state index contributed by atoms with van der Waals surface area (Å²) >= 11 is 5.82. The number of aliphatic hydroxyl groups excluding tert-OH is 1. The van der Waals surface area contributed by atoms with Crippen LogP contribution in [0.15, 0.2) is 23.8 Å². The van der Waals surface area contributed by atoms with Gasteiger partial charge in [-0.3, -0.25) is 0 Å². The van der Waals surface area contributed by atoms with Crippen LogP contribution in [-0.4, -0.2) is 11.7 Å². The Hall–Kier alpha value is -0.860. The number of benzene rings is 1. The van der Waals surface area contributed by atoms with E-state index in [-0.39, 0.29) is 12.4 Å². The monoisotopic (exact) mass is 214 g/mol. The van der Waals surface area contributed by atoms with E-state index in [1.165, 1.54) is 6.07 Å². The molecule has 1 nitrogen and oxygen atoms in total. The minimum Gasteiger partial charge on any atom is -0.392 e. The lowest BCUT2D eigenvalue weighted by Crippen LogP contribution is -1.90. The van der Waals surface area contributed by atoms with Crippen molar-refractivity contribution in [3.05, 3.63) is 40.2 Å². The third-order valence-electron chi connectivity index (χ3n) is 2.01. The molecule has 0 saturated heterocycles. The normalized spacial score (nSPS) is 11.9. The second-order valence-corrected chi connectivity index (χ2v) is 3.36. The first-order valence-electron chi connectivity index (χ1n) is 4.43. The summed E-state index contributed by atoms with van der Waals surface area (Å²) in [6.45, 7) is 1.83. The molecule has 0 bridgehead atoms. The molecule has 0 aromatic heterocycles. The number of aliphatic hydroxyl groups is 1. The second kappa shape index (κ2) is 5.13. The van der Waals surface area contributed by atoms with Crippen LogP contribution in [0.3, 0.4) is 0 Å². The first-order chi connectivity index (χ1) is 6.69. The summed E-state index contributed by atoms with van der Waals surface area (Å²) in [6.07, 6.45) is 2.28. The van der Waals surface area contributed by atoms with E-state index in [0.717, 1.165) is 5.57 Å². The van der Waals surface area contributed by atoms with Crippen molar-refractivity contribution in [1.29, 1.82) is 0 Å². The Kier molecular flexibility index (Phi) is 4.11. The maximum absolute atomic E-state index is 13.3. The van der Waals surface area contributed by atoms with Crippen molar-refractivity contribution < 1.29 is 9.50 Å². The Morgan fingerprint density at radius 2 is 2.29 bits per heavy atom. The summed E-state index contributed by atoms with van der Waals surface area (Å²) in [4.78, 5) is 0. The minimum absolute atomic E-state index is 0.0683. The summed E-state index contributed by atoms with van der Waals surface area (Å²) in [5.74, 6) is -0.364. The molecule has 0 spiro atoms. The highest BCUT2D eigenvalue weighted by molar-refractivity contribution is 6.32. The van der Waals surface area contributed by atoms with Gasteiger partial charge in [0.1, 0.15) is 5.82 Å². The largest absolute Gasteiger partial charge is 0.392 e. The summed E-state index contributed by atoms with van der Waals surface area (Å²) in [5, 5.41) is 9.30. The molecule has 1 aromatic carbocycles. The van der Waals surface area contributed by atoms with Crippen LogP contribution in [0.5, 0.6) is 0 Å². The predicted molar refractivity (Wildman–Crippen MR) is 56.8 cm³/mol. The fraction of sp³-hybridized carbons (Fsp3) is 0.273. The van der Waals surface area contributed by atoms with Gasteiger partial charge in [0, 0.05) is 5.56 Å². The zero-order valence-electron chi connectivity index (χ0n) is 7.93. The van der Waals surface area contributed by atoms with E-state index in [1.54, 1.807) is 18.2 Å². The molecule has 0 radical (unpaired) electrons. The first-order valence-corrected chi connectivity index (χ1v) is 4.81. The lowest BCUT2D eigenvalue weighted by Gasteiger charge is -2.03. The molecule has 0 saturated carbocycles. The van der Waals surface area contributed by atoms with Gasteiger partial charge < -0.3 is 5.11 Å². The molecule has 0 aliphatic rings. The molecule has 0 heterocycles. The van der Waals surface area contributed by atoms with Crippen molar-refractivity contribution in [3.8, 4) is 0 Å². The van der Waals surface area contributed by atoms with Crippen LogP contribution in [-0.2, 0) is 0 Å². The van der Waals surface area contributed by atoms with Crippen LogP contribution in [0.1, 0.15) is 18.9 Å². The highest BCUT2D eigenvalue weighted by Gasteiger charge is 2.04. The van der Waals surface area contributed by atoms with Crippen LogP contribution in [0.25, 0.3) is 6.08 Å². The topological polar surface area (TPSA) is 20.2 Å². The third-order valence-corrected chi connectivity index (χ3v) is 2.33. The Labute approximate surface area is 87.8 Å². The van der Waals surface area contributed by atoms with E-state index >= 15 is 0 Å². The van der Waals surface area contributed by atoms with Crippen LogP contribution in [0.2, 0.25) is 5.02 Å². The maximum Gasteiger partial charge on any atom is 0.131 e. The summed E-state index contributed by atoms with van der Waals surface area (Å²) in [7, 11) is 0. The van der Waals surface area contributed by atoms with E-state index in [1.807, 2.05) is 6.92 Å². The Morgan fingerprint density at radius 1 is 1.57 bits per heavy atom. The molecular weight excluding hydrogens is 203 g/mol. The highest BCUT2D eigenvalue weighted by Crippen LogP contribution is 2.22. The fourth-order valence-electron chi connectivity index (χ4n) is 1.11. The number of hydrogen-bond acceptors (Lipinski definition) is 1. The van der Waals surface area contributed by atoms with Gasteiger partial charge in [-0.25, -0.2) is 4.39 Å². The molecule has 1 rings (SSSR count). The molecule has 14 heavy (non-hydrogen) atoms. The Bertz CT molecular complexity index is 321. The molecule has 0 fully saturated rings. The lowest BCUT2D eigenvalue weighted by atomic mass is 10.1. The summed E-state index contributed by atoms with van der Waals surface area (Å²) < 4.78 is 13.3. The van der Waals surface area contributed by atoms with Crippen LogP contribution in [0, 0.1) is 5.82 Å². The average Bonchev–Trinajstić information content (AvgIpc) is 2.18. The summed E-state index contributed by atoms with van der Waals surface area (Å²) in [6, 6.07) is 4.53. The Morgan fingerprint density at radius 3 is 2.79 bits per heavy atom. The predicted octanol–water partition coefficient (Wildman–Crippen LogP) is 3.26. The fourth-order valence-corrected chi connectivity index (χ4v) is 1.33. The molecule has 0 unspecified atom stereocenters. The van der Waals surface area contributed by atoms with E-state index < -0.39 is 0 Å². The van der Waals surface area contributed by atoms with Gasteiger partial charge in [-0.1, -0.05) is 24.6 Å². The molecule has 0 atom stereocenters. The van der Waals surface area contributed by atoms with Gasteiger partial charge in [0.25, 0.3) is 0 Å². The zero-order chi connectivity index (χ0) is 10.6. The SMILES string of the molecule is CC/C(=C/c1c(F)cccc1Cl)CO. The number of halogens is 2. The highest BCUT2D eigenvalue weighted by atomic mass is 35.5. The van der Waals surface area contributed by atoms with Crippen molar-refractivity contribution in [1.82, 2.24) is 0 Å². The van der Waals surface area contributed by atoms with E-state index in [0.29, 0.717) is 17.0 Å². The van der Waals surface area contributed by atoms with E-state index in [9.17, 15) is 4.39 Å². The van der Waals surface area contributed by atoms with Crippen molar-refractivity contribution >= 4 is 17.7 Å². The van der Waals surface area contributed by atoms with Gasteiger partial charge >= 0.3 is 0 Å². The lowest BCUT2D eigenvalue weighted by molar-refractivity contribution is 0.329. The maximum atomic E-state index is 13.3. The van der Waals surface area contributed by atoms with E-state index in [4.69, 9.17) is 16.7 Å². The van der Waals surface area contributed by atoms with E-state index in [2.05, 4.69) is 0 Å². The quantitative estimate of drug-likeness (QED) is 0.819. The van der Waals surface area contributed by atoms with Crippen molar-refractivity contribution in [2.75, 3.05) is 6.61 Å². The first kappa shape index (κ1) is 11.2. The second-order valence-electron chi connectivity index (χ2n) is 2.95. The van der Waals surface area contributed by atoms with Crippen molar-refractivity contribution in [3.63, 3.8) is 0 Å². The Balaban J connectivity index is 3.12. The number of rotatable bonds is 3. The molecule has 76 valence electrons. The van der Waals surface area contributed by atoms with Gasteiger partial charge in [0.15, 0.2) is 0 Å². The smallest absolute Gasteiger partial charge is 0.131 e. The average molecular weight is 215 g/mol. The van der Waals surface area contributed by atoms with Gasteiger partial charge in [-0.15, -0.1) is 0 Å². The molecular formula is C11H12ClFO. The molecule has 0 amide bonds. The molecule has 0 aliphatic heterocycles. The third kappa shape index (κ3) is 2.56. The summed E-state index contributed by atoms with van der Waals surface area (Å²) in [5.41, 5.74) is 1.11. The van der Waals surface area contributed by atoms with Crippen molar-refractivity contribution in [2.45, 2.75) is 13.3 Å². The minimum atomic E-state index is -0.364. The molecule has 1 N–H and O–H groups in total. The van der Waals surface area contributed by atoms with Crippen LogP contribution in [0.4, 0.5) is 4.39 Å². The van der Waals surface area contributed by atoms with Gasteiger partial charge in [0.05, 0.1) is 11.6 Å². The van der Waals surface area contributed by atoms with Crippen LogP contribution >= 0.6 is 11.6 Å². The van der Waals surface area contributed by atoms with Crippen LogP contribution < -0.4 is 0 Å². The van der Waals surface area contributed by atoms with Gasteiger partial charge in [0.2, 0.25) is 0 Å². The standard InChI is InChI=1S/C11H12ClFO/c1-2-8(7-14)6-9-10(12)4-3-5-11(9)13/h3-6,14H,2,7H2,1H3/b8-6-. The molecule has 3 heteroatoms. The zero-order valence-corrected chi connectivity index (χ0v) is 8.68. The molecule has 1 aromatic rings. The number of hydrogen-bond donors (Lipinski definition) is 1. The van der Waals surface area contributed by atoms with Gasteiger partial charge in [-0.2, -0.15) is 0 Å². The van der Waals surface area contributed by atoms with Crippen molar-refractivity contribution in [2.24, 2.45) is 0 Å². The molecule has 0 aliphatic carbocycles.